The van der Waals surface area contributed by atoms with Crippen LogP contribution >= 0.6 is 22.9 Å². The van der Waals surface area contributed by atoms with Gasteiger partial charge in [-0.2, -0.15) is 5.26 Å². The Labute approximate surface area is 151 Å². The second kappa shape index (κ2) is 8.65. The molecular weight excluding hydrogens is 342 g/mol. The molecule has 1 N–H and O–H groups in total. The predicted octanol–water partition coefficient (Wildman–Crippen LogP) is 4.29. The van der Waals surface area contributed by atoms with E-state index in [1.165, 1.54) is 11.3 Å². The molecule has 0 saturated carbocycles. The summed E-state index contributed by atoms with van der Waals surface area (Å²) in [7, 11) is 0. The molecule has 0 fully saturated rings. The van der Waals surface area contributed by atoms with Gasteiger partial charge in [0.05, 0.1) is 22.0 Å². The number of amides is 1. The third kappa shape index (κ3) is 4.93. The Morgan fingerprint density at radius 2 is 2.12 bits per heavy atom. The van der Waals surface area contributed by atoms with Gasteiger partial charge in [0, 0.05) is 23.7 Å². The van der Waals surface area contributed by atoms with Crippen molar-refractivity contribution in [2.45, 2.75) is 19.5 Å². The average molecular weight is 360 g/mol. The van der Waals surface area contributed by atoms with Crippen molar-refractivity contribution in [2.75, 3.05) is 11.9 Å². The lowest BCUT2D eigenvalue weighted by atomic mass is 10.2. The first-order valence-corrected chi connectivity index (χ1v) is 8.63. The van der Waals surface area contributed by atoms with Crippen molar-refractivity contribution in [3.05, 3.63) is 63.8 Å². The van der Waals surface area contributed by atoms with Crippen LogP contribution in [0.4, 0.5) is 5.69 Å². The number of rotatable bonds is 7. The van der Waals surface area contributed by atoms with Gasteiger partial charge in [-0.15, -0.1) is 17.9 Å². The highest BCUT2D eigenvalue weighted by atomic mass is 35.5. The number of carbonyl (C=O) groups is 1. The van der Waals surface area contributed by atoms with Gasteiger partial charge in [-0.05, 0) is 43.3 Å². The number of carbonyl (C=O) groups excluding carboxylic acids is 1. The van der Waals surface area contributed by atoms with Crippen molar-refractivity contribution >= 4 is 34.5 Å². The summed E-state index contributed by atoms with van der Waals surface area (Å²) < 4.78 is 0.734. The van der Waals surface area contributed by atoms with Crippen LogP contribution in [0, 0.1) is 11.3 Å². The van der Waals surface area contributed by atoms with E-state index in [-0.39, 0.29) is 11.9 Å². The van der Waals surface area contributed by atoms with Gasteiger partial charge in [0.25, 0.3) is 0 Å². The zero-order chi connectivity index (χ0) is 17.5. The number of nitrogens with zero attached hydrogens (tertiary/aromatic N) is 2. The summed E-state index contributed by atoms with van der Waals surface area (Å²) in [5, 5.41) is 11.7. The van der Waals surface area contributed by atoms with E-state index in [9.17, 15) is 4.79 Å². The van der Waals surface area contributed by atoms with Gasteiger partial charge in [-0.3, -0.25) is 9.69 Å². The third-order valence-electron chi connectivity index (χ3n) is 3.56. The number of nitriles is 1. The highest BCUT2D eigenvalue weighted by molar-refractivity contribution is 7.16. The first kappa shape index (κ1) is 18.2. The summed E-state index contributed by atoms with van der Waals surface area (Å²) in [6, 6.07) is 12.3. The number of benzene rings is 1. The molecule has 2 rings (SSSR count). The molecule has 0 aliphatic heterocycles. The predicted molar refractivity (Wildman–Crippen MR) is 99.2 cm³/mol. The van der Waals surface area contributed by atoms with Crippen LogP contribution in [-0.2, 0) is 11.3 Å². The number of halogens is 1. The topological polar surface area (TPSA) is 56.1 Å². The first-order valence-electron chi connectivity index (χ1n) is 7.43. The van der Waals surface area contributed by atoms with Gasteiger partial charge in [-0.25, -0.2) is 0 Å². The SMILES string of the molecule is C=CCN(Cc1ccc(Cl)s1)[C@H](C)C(=O)Nc1ccc(C#N)cc1. The molecule has 0 saturated heterocycles. The molecule has 24 heavy (non-hydrogen) atoms. The smallest absolute Gasteiger partial charge is 0.241 e. The minimum absolute atomic E-state index is 0.107. The minimum Gasteiger partial charge on any atom is -0.325 e. The molecule has 1 heterocycles. The number of nitrogens with one attached hydrogen (secondary N) is 1. The molecule has 1 amide bonds. The maximum absolute atomic E-state index is 12.5. The summed E-state index contributed by atoms with van der Waals surface area (Å²) in [4.78, 5) is 15.6. The minimum atomic E-state index is -0.334. The van der Waals surface area contributed by atoms with Crippen LogP contribution in [0.1, 0.15) is 17.4 Å². The van der Waals surface area contributed by atoms with Gasteiger partial charge < -0.3 is 5.32 Å². The van der Waals surface area contributed by atoms with E-state index in [1.54, 1.807) is 30.3 Å². The molecule has 4 nitrogen and oxygen atoms in total. The molecular formula is C18H18ClN3OS. The Kier molecular flexibility index (Phi) is 6.56. The second-order valence-corrected chi connectivity index (χ2v) is 7.08. The Bertz CT molecular complexity index is 748. The lowest BCUT2D eigenvalue weighted by Crippen LogP contribution is -2.41. The molecule has 1 aromatic heterocycles. The Morgan fingerprint density at radius 3 is 2.67 bits per heavy atom. The monoisotopic (exact) mass is 359 g/mol. The number of hydrogen-bond acceptors (Lipinski definition) is 4. The van der Waals surface area contributed by atoms with Gasteiger partial charge in [0.15, 0.2) is 0 Å². The van der Waals surface area contributed by atoms with Crippen molar-refractivity contribution in [1.29, 1.82) is 5.26 Å². The fourth-order valence-corrected chi connectivity index (χ4v) is 3.32. The van der Waals surface area contributed by atoms with Gasteiger partial charge in [0.2, 0.25) is 5.91 Å². The van der Waals surface area contributed by atoms with Gasteiger partial charge in [0.1, 0.15) is 0 Å². The van der Waals surface area contributed by atoms with E-state index in [1.807, 2.05) is 24.0 Å². The summed E-state index contributed by atoms with van der Waals surface area (Å²) in [6.45, 7) is 6.85. The maximum Gasteiger partial charge on any atom is 0.241 e. The summed E-state index contributed by atoms with van der Waals surface area (Å²) in [6.07, 6.45) is 1.78. The molecule has 2 aromatic rings. The summed E-state index contributed by atoms with van der Waals surface area (Å²) >= 11 is 7.48. The molecule has 0 radical (unpaired) electrons. The highest BCUT2D eigenvalue weighted by Gasteiger charge is 2.21. The van der Waals surface area contributed by atoms with E-state index < -0.39 is 0 Å². The molecule has 1 aromatic carbocycles. The van der Waals surface area contributed by atoms with Crippen LogP contribution in [0.2, 0.25) is 4.34 Å². The van der Waals surface area contributed by atoms with Crippen LogP contribution in [0.3, 0.4) is 0 Å². The molecule has 0 aliphatic carbocycles. The fourth-order valence-electron chi connectivity index (χ4n) is 2.20. The lowest BCUT2D eigenvalue weighted by Gasteiger charge is -2.26. The van der Waals surface area contributed by atoms with Crippen LogP contribution in [0.15, 0.2) is 49.1 Å². The largest absolute Gasteiger partial charge is 0.325 e. The quantitative estimate of drug-likeness (QED) is 0.750. The molecule has 0 aliphatic rings. The normalized spacial score (nSPS) is 11.8. The van der Waals surface area contributed by atoms with Crippen molar-refractivity contribution in [1.82, 2.24) is 4.90 Å². The van der Waals surface area contributed by atoms with Crippen LogP contribution in [0.5, 0.6) is 0 Å². The highest BCUT2D eigenvalue weighted by Crippen LogP contribution is 2.23. The zero-order valence-corrected chi connectivity index (χ0v) is 14.9. The lowest BCUT2D eigenvalue weighted by molar-refractivity contribution is -0.120. The van der Waals surface area contributed by atoms with Crippen molar-refractivity contribution in [3.63, 3.8) is 0 Å². The Balaban J connectivity index is 2.04. The zero-order valence-electron chi connectivity index (χ0n) is 13.3. The number of anilines is 1. The second-order valence-electron chi connectivity index (χ2n) is 5.28. The summed E-state index contributed by atoms with van der Waals surface area (Å²) in [5.74, 6) is -0.107. The third-order valence-corrected chi connectivity index (χ3v) is 4.78. The number of thiophene rings is 1. The average Bonchev–Trinajstić information content (AvgIpc) is 2.99. The van der Waals surface area contributed by atoms with Crippen LogP contribution < -0.4 is 5.32 Å². The van der Waals surface area contributed by atoms with Crippen molar-refractivity contribution in [2.24, 2.45) is 0 Å². The first-order chi connectivity index (χ1) is 11.5. The van der Waals surface area contributed by atoms with Gasteiger partial charge >= 0.3 is 0 Å². The van der Waals surface area contributed by atoms with E-state index in [0.717, 1.165) is 9.21 Å². The molecule has 0 unspecified atom stereocenters. The van der Waals surface area contributed by atoms with E-state index >= 15 is 0 Å². The molecule has 0 spiro atoms. The fraction of sp³-hybridized carbons (Fsp3) is 0.222. The Hall–Kier alpha value is -2.13. The standard InChI is InChI=1S/C18H18ClN3OS/c1-3-10-22(12-16-8-9-17(19)24-16)13(2)18(23)21-15-6-4-14(11-20)5-7-15/h3-9,13H,1,10,12H2,2H3,(H,21,23)/t13-/m1/s1. The van der Waals surface area contributed by atoms with Crippen LogP contribution in [0.25, 0.3) is 0 Å². The Morgan fingerprint density at radius 1 is 1.42 bits per heavy atom. The molecule has 0 bridgehead atoms. The van der Waals surface area contributed by atoms with E-state index in [4.69, 9.17) is 16.9 Å². The van der Waals surface area contributed by atoms with Crippen molar-refractivity contribution < 1.29 is 4.79 Å². The van der Waals surface area contributed by atoms with Crippen molar-refractivity contribution in [3.8, 4) is 6.07 Å². The maximum atomic E-state index is 12.5. The van der Waals surface area contributed by atoms with E-state index in [0.29, 0.717) is 24.3 Å². The molecule has 1 atom stereocenters. The van der Waals surface area contributed by atoms with E-state index in [2.05, 4.69) is 18.0 Å². The summed E-state index contributed by atoms with van der Waals surface area (Å²) in [5.41, 5.74) is 1.23. The number of hydrogen-bond donors (Lipinski definition) is 1. The molecule has 124 valence electrons. The molecule has 6 heteroatoms. The van der Waals surface area contributed by atoms with Gasteiger partial charge in [-0.1, -0.05) is 17.7 Å². The van der Waals surface area contributed by atoms with Crippen LogP contribution in [-0.4, -0.2) is 23.4 Å².